The van der Waals surface area contributed by atoms with Crippen LogP contribution in [-0.2, 0) is 0 Å². The molecule has 1 aromatic carbocycles. The van der Waals surface area contributed by atoms with Crippen LogP contribution in [0.25, 0.3) is 11.3 Å². The summed E-state index contributed by atoms with van der Waals surface area (Å²) >= 11 is 12.0. The van der Waals surface area contributed by atoms with E-state index in [1.807, 2.05) is 30.3 Å². The van der Waals surface area contributed by atoms with Gasteiger partial charge in [0.05, 0.1) is 22.3 Å². The highest BCUT2D eigenvalue weighted by Gasteiger charge is 2.41. The van der Waals surface area contributed by atoms with Crippen molar-refractivity contribution in [1.82, 2.24) is 15.2 Å². The highest BCUT2D eigenvalue weighted by Crippen LogP contribution is 2.41. The molecular formula is C23H22ClN3O3S. The molecule has 2 N–H and O–H groups in total. The molecule has 6 nitrogen and oxygen atoms in total. The zero-order chi connectivity index (χ0) is 22.1. The Hall–Kier alpha value is -2.90. The van der Waals surface area contributed by atoms with Crippen molar-refractivity contribution in [3.8, 4) is 11.3 Å². The van der Waals surface area contributed by atoms with Crippen LogP contribution in [0, 0.1) is 5.92 Å². The molecule has 2 aromatic heterocycles. The van der Waals surface area contributed by atoms with Gasteiger partial charge >= 0.3 is 5.97 Å². The molecule has 0 radical (unpaired) electrons. The molecule has 160 valence electrons. The first kappa shape index (κ1) is 21.3. The van der Waals surface area contributed by atoms with E-state index in [-0.39, 0.29) is 17.6 Å². The molecule has 0 saturated carbocycles. The molecule has 8 heteroatoms. The zero-order valence-corrected chi connectivity index (χ0v) is 18.7. The van der Waals surface area contributed by atoms with Gasteiger partial charge in [0.2, 0.25) is 0 Å². The summed E-state index contributed by atoms with van der Waals surface area (Å²) in [5.41, 5.74) is 1.55. The third-order valence-corrected chi connectivity index (χ3v) is 5.84. The molecule has 1 saturated heterocycles. The molecule has 3 heterocycles. The highest BCUT2D eigenvalue weighted by molar-refractivity contribution is 7.80. The van der Waals surface area contributed by atoms with Crippen LogP contribution in [0.3, 0.4) is 0 Å². The number of nitrogens with zero attached hydrogens (tertiary/aromatic N) is 2. The molecule has 1 fully saturated rings. The number of aromatic nitrogens is 1. The van der Waals surface area contributed by atoms with Gasteiger partial charge < -0.3 is 19.7 Å². The van der Waals surface area contributed by atoms with Crippen molar-refractivity contribution < 1.29 is 14.3 Å². The molecule has 0 unspecified atom stereocenters. The second-order valence-corrected chi connectivity index (χ2v) is 8.67. The summed E-state index contributed by atoms with van der Waals surface area (Å²) in [7, 11) is 0. The largest absolute Gasteiger partial charge is 0.478 e. The minimum Gasteiger partial charge on any atom is -0.478 e. The molecule has 0 amide bonds. The third-order valence-electron chi connectivity index (χ3n) is 5.16. The monoisotopic (exact) mass is 455 g/mol. The maximum absolute atomic E-state index is 11.4. The Labute approximate surface area is 190 Å². The van der Waals surface area contributed by atoms with E-state index in [0.29, 0.717) is 33.1 Å². The van der Waals surface area contributed by atoms with E-state index in [9.17, 15) is 9.90 Å². The lowest BCUT2D eigenvalue weighted by molar-refractivity contribution is 0.0697. The summed E-state index contributed by atoms with van der Waals surface area (Å²) in [5.74, 6) is 0.579. The van der Waals surface area contributed by atoms with Gasteiger partial charge in [0, 0.05) is 18.3 Å². The third kappa shape index (κ3) is 4.29. The molecule has 3 aromatic rings. The summed E-state index contributed by atoms with van der Waals surface area (Å²) in [6.45, 7) is 5.03. The van der Waals surface area contributed by atoms with Gasteiger partial charge in [0.25, 0.3) is 0 Å². The molecule has 0 aliphatic carbocycles. The summed E-state index contributed by atoms with van der Waals surface area (Å²) in [6.07, 6.45) is 1.76. The van der Waals surface area contributed by atoms with Crippen molar-refractivity contribution >= 4 is 34.9 Å². The van der Waals surface area contributed by atoms with Crippen LogP contribution in [0.4, 0.5) is 0 Å². The molecular weight excluding hydrogens is 434 g/mol. The van der Waals surface area contributed by atoms with Crippen LogP contribution >= 0.6 is 23.8 Å². The van der Waals surface area contributed by atoms with Crippen molar-refractivity contribution in [1.29, 1.82) is 0 Å². The first-order chi connectivity index (χ1) is 14.8. The molecule has 0 spiro atoms. The van der Waals surface area contributed by atoms with Crippen molar-refractivity contribution in [3.05, 3.63) is 76.8 Å². The number of carboxylic acid groups (broad SMARTS) is 1. The molecule has 1 aliphatic heterocycles. The number of pyridine rings is 1. The molecule has 1 aliphatic rings. The lowest BCUT2D eigenvalue weighted by Gasteiger charge is -2.27. The predicted octanol–water partition coefficient (Wildman–Crippen LogP) is 5.32. The van der Waals surface area contributed by atoms with Gasteiger partial charge in [0.1, 0.15) is 17.6 Å². The van der Waals surface area contributed by atoms with Gasteiger partial charge in [-0.3, -0.25) is 4.98 Å². The van der Waals surface area contributed by atoms with Crippen molar-refractivity contribution in [3.63, 3.8) is 0 Å². The number of nitrogens with one attached hydrogen (secondary N) is 1. The Morgan fingerprint density at radius 1 is 1.29 bits per heavy atom. The summed E-state index contributed by atoms with van der Waals surface area (Å²) in [5, 5.41) is 13.8. The van der Waals surface area contributed by atoms with Gasteiger partial charge in [-0.1, -0.05) is 31.5 Å². The lowest BCUT2D eigenvalue weighted by atomic mass is 10.0. The van der Waals surface area contributed by atoms with E-state index in [0.717, 1.165) is 12.2 Å². The fourth-order valence-corrected chi connectivity index (χ4v) is 4.33. The molecule has 2 atom stereocenters. The standard InChI is InChI=1S/C23H22ClN3O3S/c1-13(2)12-27-21(20(26-23(27)31)17-5-3-4-10-25-17)19-9-8-18(30-19)15-11-14(22(28)29)6-7-16(15)24/h3-11,13,20-21H,12H2,1-2H3,(H,26,31)(H,28,29)/t20-,21-/m1/s1. The summed E-state index contributed by atoms with van der Waals surface area (Å²) in [4.78, 5) is 18.0. The van der Waals surface area contributed by atoms with Crippen LogP contribution in [0.5, 0.6) is 0 Å². The first-order valence-corrected chi connectivity index (χ1v) is 10.7. The smallest absolute Gasteiger partial charge is 0.335 e. The van der Waals surface area contributed by atoms with E-state index in [4.69, 9.17) is 28.2 Å². The Morgan fingerprint density at radius 2 is 2.10 bits per heavy atom. The summed E-state index contributed by atoms with van der Waals surface area (Å²) in [6, 6.07) is 13.7. The van der Waals surface area contributed by atoms with Crippen molar-refractivity contribution in [2.24, 2.45) is 5.92 Å². The maximum atomic E-state index is 11.4. The summed E-state index contributed by atoms with van der Waals surface area (Å²) < 4.78 is 6.23. The second kappa shape index (κ2) is 8.69. The number of hydrogen-bond donors (Lipinski definition) is 2. The topological polar surface area (TPSA) is 78.6 Å². The second-order valence-electron chi connectivity index (χ2n) is 7.87. The number of furan rings is 1. The Kier molecular flexibility index (Phi) is 5.98. The van der Waals surface area contributed by atoms with Crippen molar-refractivity contribution in [2.75, 3.05) is 6.54 Å². The van der Waals surface area contributed by atoms with Gasteiger partial charge in [-0.15, -0.1) is 0 Å². The van der Waals surface area contributed by atoms with Gasteiger partial charge in [-0.2, -0.15) is 0 Å². The van der Waals surface area contributed by atoms with Crippen LogP contribution in [0.15, 0.2) is 59.1 Å². The number of halogens is 1. The number of rotatable bonds is 6. The number of carbonyl (C=O) groups is 1. The van der Waals surface area contributed by atoms with Gasteiger partial charge in [0.15, 0.2) is 5.11 Å². The number of aromatic carboxylic acids is 1. The number of thiocarbonyl (C=S) groups is 1. The SMILES string of the molecule is CC(C)CN1C(=S)N[C@H](c2ccccn2)[C@H]1c1ccc(-c2cc(C(=O)O)ccc2Cl)o1. The molecule has 31 heavy (non-hydrogen) atoms. The highest BCUT2D eigenvalue weighted by atomic mass is 35.5. The maximum Gasteiger partial charge on any atom is 0.335 e. The average molecular weight is 456 g/mol. The number of carboxylic acids is 1. The van der Waals surface area contributed by atoms with E-state index in [1.54, 1.807) is 12.3 Å². The quantitative estimate of drug-likeness (QED) is 0.487. The van der Waals surface area contributed by atoms with Crippen molar-refractivity contribution in [2.45, 2.75) is 25.9 Å². The predicted molar refractivity (Wildman–Crippen MR) is 123 cm³/mol. The minimum absolute atomic E-state index is 0.147. The fraction of sp³-hybridized carbons (Fsp3) is 0.261. The van der Waals surface area contributed by atoms with Crippen LogP contribution in [-0.4, -0.2) is 32.6 Å². The normalized spacial score (nSPS) is 18.5. The Morgan fingerprint density at radius 3 is 2.77 bits per heavy atom. The molecule has 0 bridgehead atoms. The van der Waals surface area contributed by atoms with Crippen LogP contribution < -0.4 is 5.32 Å². The Bertz CT molecular complexity index is 1120. The van der Waals surface area contributed by atoms with E-state index in [2.05, 4.69) is 29.0 Å². The van der Waals surface area contributed by atoms with E-state index in [1.165, 1.54) is 12.1 Å². The van der Waals surface area contributed by atoms with Gasteiger partial charge in [-0.25, -0.2) is 4.79 Å². The first-order valence-electron chi connectivity index (χ1n) is 9.96. The van der Waals surface area contributed by atoms with Crippen LogP contribution in [0.2, 0.25) is 5.02 Å². The lowest BCUT2D eigenvalue weighted by Crippen LogP contribution is -2.32. The Balaban J connectivity index is 1.75. The fourth-order valence-electron chi connectivity index (χ4n) is 3.81. The van der Waals surface area contributed by atoms with E-state index >= 15 is 0 Å². The number of benzene rings is 1. The van der Waals surface area contributed by atoms with E-state index < -0.39 is 5.97 Å². The zero-order valence-electron chi connectivity index (χ0n) is 17.1. The minimum atomic E-state index is -1.02. The molecule has 4 rings (SSSR count). The number of hydrogen-bond acceptors (Lipinski definition) is 4. The van der Waals surface area contributed by atoms with Gasteiger partial charge in [-0.05, 0) is 60.6 Å². The van der Waals surface area contributed by atoms with Crippen LogP contribution in [0.1, 0.15) is 47.7 Å². The average Bonchev–Trinajstić information content (AvgIpc) is 3.33.